The summed E-state index contributed by atoms with van der Waals surface area (Å²) >= 11 is 0. The molecular formula is C70H58O8. The molecule has 0 bridgehead atoms. The molecule has 10 aromatic rings. The maximum atomic E-state index is 11.5. The summed E-state index contributed by atoms with van der Waals surface area (Å²) < 4.78 is 38.1. The Morgan fingerprint density at radius 3 is 0.821 bits per heavy atom. The van der Waals surface area contributed by atoms with Crippen LogP contribution < -0.4 is 28.4 Å². The lowest BCUT2D eigenvalue weighted by Gasteiger charge is -2.16. The minimum atomic E-state index is 0.0274. The van der Waals surface area contributed by atoms with Gasteiger partial charge in [-0.15, -0.1) is 0 Å². The standard InChI is InChI=1S/C70H58O8/c1-5-47-9-17-51(18-10-47)41-75-61-33-55(34-62(39-61)76-42-52-19-11-48(6-2)12-20-52)45-73-59-27-29-65-57(37-59)25-31-67(71)69(65)70-66-30-28-60(38-58(66)26-32-68(70)72)74-46-56-35-63(77-43-53-21-13-49(7-3)14-22-53)40-64(36-56)78-44-54-23-15-50(8-4)16-24-54/h5-40,71-72H,1-4,41-46H2. The van der Waals surface area contributed by atoms with Crippen molar-refractivity contribution in [2.24, 2.45) is 0 Å². The first-order valence-electron chi connectivity index (χ1n) is 25.6. The molecule has 0 amide bonds. The zero-order chi connectivity index (χ0) is 53.8. The van der Waals surface area contributed by atoms with Gasteiger partial charge < -0.3 is 38.6 Å². The van der Waals surface area contributed by atoms with Gasteiger partial charge in [-0.05, 0) is 150 Å². The van der Waals surface area contributed by atoms with Gasteiger partial charge in [-0.2, -0.15) is 0 Å². The van der Waals surface area contributed by atoms with E-state index in [1.165, 1.54) is 0 Å². The molecule has 0 heterocycles. The van der Waals surface area contributed by atoms with Crippen molar-refractivity contribution in [2.45, 2.75) is 39.6 Å². The Balaban J connectivity index is 0.861. The minimum absolute atomic E-state index is 0.0274. The zero-order valence-corrected chi connectivity index (χ0v) is 43.2. The minimum Gasteiger partial charge on any atom is -0.507 e. The Hall–Kier alpha value is -9.92. The fourth-order valence-electron chi connectivity index (χ4n) is 9.06. The summed E-state index contributed by atoms with van der Waals surface area (Å²) in [4.78, 5) is 0. The number of fused-ring (bicyclic) bond motifs is 2. The number of phenols is 2. The fourth-order valence-corrected chi connectivity index (χ4v) is 9.06. The van der Waals surface area contributed by atoms with Gasteiger partial charge in [0.05, 0.1) is 0 Å². The molecule has 0 aliphatic rings. The first-order chi connectivity index (χ1) is 38.2. The lowest BCUT2D eigenvalue weighted by atomic mass is 9.92. The van der Waals surface area contributed by atoms with Crippen molar-refractivity contribution in [3.63, 3.8) is 0 Å². The van der Waals surface area contributed by atoms with Gasteiger partial charge in [0.2, 0.25) is 0 Å². The van der Waals surface area contributed by atoms with Crippen LogP contribution in [0.25, 0.3) is 57.0 Å². The average Bonchev–Trinajstić information content (AvgIpc) is 3.64. The topological polar surface area (TPSA) is 95.8 Å². The van der Waals surface area contributed by atoms with Crippen molar-refractivity contribution in [1.29, 1.82) is 0 Å². The normalized spacial score (nSPS) is 10.9. The Morgan fingerprint density at radius 1 is 0.269 bits per heavy atom. The van der Waals surface area contributed by atoms with Crippen LogP contribution in [0.3, 0.4) is 0 Å². The van der Waals surface area contributed by atoms with Crippen LogP contribution in [0.4, 0.5) is 0 Å². The predicted molar refractivity (Wildman–Crippen MR) is 315 cm³/mol. The van der Waals surface area contributed by atoms with Crippen molar-refractivity contribution in [1.82, 2.24) is 0 Å². The van der Waals surface area contributed by atoms with E-state index in [-0.39, 0.29) is 24.7 Å². The zero-order valence-electron chi connectivity index (χ0n) is 43.2. The Bertz CT molecular complexity index is 3370. The highest BCUT2D eigenvalue weighted by Gasteiger charge is 2.19. The number of ether oxygens (including phenoxy) is 6. The van der Waals surface area contributed by atoms with Gasteiger partial charge in [-0.25, -0.2) is 0 Å². The maximum absolute atomic E-state index is 11.5. The van der Waals surface area contributed by atoms with Crippen LogP contribution in [0.1, 0.15) is 55.6 Å². The van der Waals surface area contributed by atoms with E-state index in [4.69, 9.17) is 28.4 Å². The number of hydrogen-bond acceptors (Lipinski definition) is 8. The fraction of sp³-hybridized carbons (Fsp3) is 0.0857. The molecule has 386 valence electrons. The van der Waals surface area contributed by atoms with Crippen molar-refractivity contribution in [3.8, 4) is 57.1 Å². The third-order valence-electron chi connectivity index (χ3n) is 13.4. The highest BCUT2D eigenvalue weighted by molar-refractivity contribution is 6.10. The van der Waals surface area contributed by atoms with Crippen molar-refractivity contribution < 1.29 is 38.6 Å². The van der Waals surface area contributed by atoms with Crippen LogP contribution in [-0.2, 0) is 39.6 Å². The summed E-state index contributed by atoms with van der Waals surface area (Å²) in [5.74, 6) is 3.88. The smallest absolute Gasteiger partial charge is 0.124 e. The van der Waals surface area contributed by atoms with E-state index in [0.29, 0.717) is 72.1 Å². The van der Waals surface area contributed by atoms with E-state index in [1.807, 2.05) is 206 Å². The quantitative estimate of drug-likeness (QED) is 0.0654. The average molecular weight is 1030 g/mol. The number of aromatic hydroxyl groups is 2. The maximum Gasteiger partial charge on any atom is 0.124 e. The van der Waals surface area contributed by atoms with Crippen molar-refractivity contribution in [2.75, 3.05) is 0 Å². The molecule has 2 N–H and O–H groups in total. The molecule has 0 fully saturated rings. The first kappa shape index (κ1) is 51.6. The van der Waals surface area contributed by atoms with Crippen LogP contribution in [0.15, 0.2) is 220 Å². The van der Waals surface area contributed by atoms with Crippen molar-refractivity contribution in [3.05, 3.63) is 276 Å². The first-order valence-corrected chi connectivity index (χ1v) is 25.6. The number of phenolic OH excluding ortho intramolecular Hbond substituents is 2. The Morgan fingerprint density at radius 2 is 0.538 bits per heavy atom. The molecule has 10 rings (SSSR count). The molecule has 0 unspecified atom stereocenters. The molecule has 0 atom stereocenters. The number of hydrogen-bond donors (Lipinski definition) is 2. The Kier molecular flexibility index (Phi) is 16.0. The molecule has 10 aromatic carbocycles. The van der Waals surface area contributed by atoms with Gasteiger partial charge in [0, 0.05) is 23.3 Å². The molecule has 0 aliphatic heterocycles. The van der Waals surface area contributed by atoms with E-state index in [9.17, 15) is 10.2 Å². The summed E-state index contributed by atoms with van der Waals surface area (Å²) in [7, 11) is 0. The third-order valence-corrected chi connectivity index (χ3v) is 13.4. The molecule has 8 heteroatoms. The van der Waals surface area contributed by atoms with Gasteiger partial charge >= 0.3 is 0 Å². The third kappa shape index (κ3) is 12.8. The predicted octanol–water partition coefficient (Wildman–Crippen LogP) is 17.1. The van der Waals surface area contributed by atoms with Crippen LogP contribution >= 0.6 is 0 Å². The second kappa shape index (κ2) is 24.2. The second-order valence-corrected chi connectivity index (χ2v) is 18.8. The number of benzene rings is 10. The highest BCUT2D eigenvalue weighted by Crippen LogP contribution is 2.46. The molecule has 8 nitrogen and oxygen atoms in total. The molecule has 0 aromatic heterocycles. The number of rotatable bonds is 23. The molecule has 0 radical (unpaired) electrons. The van der Waals surface area contributed by atoms with Crippen molar-refractivity contribution >= 4 is 45.8 Å². The lowest BCUT2D eigenvalue weighted by Crippen LogP contribution is -2.01. The van der Waals surface area contributed by atoms with E-state index in [1.54, 1.807) is 12.1 Å². The van der Waals surface area contributed by atoms with E-state index in [0.717, 1.165) is 77.2 Å². The largest absolute Gasteiger partial charge is 0.507 e. The Labute approximate surface area is 455 Å². The molecule has 0 spiro atoms. The summed E-state index contributed by atoms with van der Waals surface area (Å²) in [5.41, 5.74) is 11.0. The molecule has 78 heavy (non-hydrogen) atoms. The van der Waals surface area contributed by atoms with Crippen LogP contribution in [0.2, 0.25) is 0 Å². The van der Waals surface area contributed by atoms with E-state index < -0.39 is 0 Å². The van der Waals surface area contributed by atoms with Gasteiger partial charge in [0.25, 0.3) is 0 Å². The van der Waals surface area contributed by atoms with E-state index in [2.05, 4.69) is 26.3 Å². The molecule has 0 saturated heterocycles. The summed E-state index contributed by atoms with van der Waals surface area (Å²) in [5, 5.41) is 26.2. The second-order valence-electron chi connectivity index (χ2n) is 18.8. The van der Waals surface area contributed by atoms with Crippen LogP contribution in [0.5, 0.6) is 46.0 Å². The molecular weight excluding hydrogens is 969 g/mol. The summed E-state index contributed by atoms with van der Waals surface area (Å²) in [6, 6.07) is 62.3. The molecule has 0 aliphatic carbocycles. The summed E-state index contributed by atoms with van der Waals surface area (Å²) in [6.07, 6.45) is 7.25. The lowest BCUT2D eigenvalue weighted by molar-refractivity contribution is 0.281. The highest BCUT2D eigenvalue weighted by atomic mass is 16.5. The van der Waals surface area contributed by atoms with Crippen LogP contribution in [-0.4, -0.2) is 10.2 Å². The monoisotopic (exact) mass is 1030 g/mol. The van der Waals surface area contributed by atoms with E-state index >= 15 is 0 Å². The summed E-state index contributed by atoms with van der Waals surface area (Å²) in [6.45, 7) is 17.4. The van der Waals surface area contributed by atoms with Gasteiger partial charge in [0.15, 0.2) is 0 Å². The SMILES string of the molecule is C=Cc1ccc(COc2cc(COc3ccc4c(-c5c(O)ccc6cc(OCc7cc(OCc8ccc(C=C)cc8)cc(OCc8ccc(C=C)cc8)c7)ccc56)c(O)ccc4c3)cc(OCc3ccc(C=C)cc3)c2)cc1. The van der Waals surface area contributed by atoms with Gasteiger partial charge in [0.1, 0.15) is 85.6 Å². The molecule has 0 saturated carbocycles. The van der Waals surface area contributed by atoms with Crippen LogP contribution in [0, 0.1) is 0 Å². The van der Waals surface area contributed by atoms with Gasteiger partial charge in [-0.1, -0.05) is 160 Å². The van der Waals surface area contributed by atoms with Gasteiger partial charge in [-0.3, -0.25) is 0 Å².